The summed E-state index contributed by atoms with van der Waals surface area (Å²) in [5.41, 5.74) is 2.28. The number of halogens is 1. The van der Waals surface area contributed by atoms with Crippen LogP contribution in [0.5, 0.6) is 5.75 Å². The summed E-state index contributed by atoms with van der Waals surface area (Å²) in [6, 6.07) is 8.26. The topological polar surface area (TPSA) is 39.1 Å². The van der Waals surface area contributed by atoms with E-state index >= 15 is 0 Å². The van der Waals surface area contributed by atoms with E-state index in [0.717, 1.165) is 35.9 Å². The molecule has 0 radical (unpaired) electrons. The molecule has 0 spiro atoms. The Hall–Kier alpha value is -1.52. The van der Waals surface area contributed by atoms with Crippen LogP contribution in [0.15, 0.2) is 30.5 Å². The van der Waals surface area contributed by atoms with Gasteiger partial charge in [-0.1, -0.05) is 30.7 Å². The quantitative estimate of drug-likeness (QED) is 0.851. The number of methoxy groups -OCH3 is 1. The monoisotopic (exact) mass is 307 g/mol. The van der Waals surface area contributed by atoms with E-state index in [0.29, 0.717) is 0 Å². The van der Waals surface area contributed by atoms with Crippen LogP contribution in [-0.2, 0) is 13.0 Å². The standard InChI is InChI=1S/C16H22ClN3O/c1-4-9-20-16(14(17)11-19-20)15(18-2)10-12-5-7-13(21-3)8-6-12/h5-8,11,15,18H,4,9-10H2,1-3H3. The zero-order chi connectivity index (χ0) is 15.2. The average Bonchev–Trinajstić information content (AvgIpc) is 2.87. The number of benzene rings is 1. The van der Waals surface area contributed by atoms with E-state index in [2.05, 4.69) is 29.5 Å². The molecule has 2 rings (SSSR count). The van der Waals surface area contributed by atoms with Gasteiger partial charge in [0.25, 0.3) is 0 Å². The average molecular weight is 308 g/mol. The van der Waals surface area contributed by atoms with Crippen molar-refractivity contribution < 1.29 is 4.74 Å². The summed E-state index contributed by atoms with van der Waals surface area (Å²) in [5, 5.41) is 8.43. The van der Waals surface area contributed by atoms with Gasteiger partial charge in [0.05, 0.1) is 30.1 Å². The van der Waals surface area contributed by atoms with Crippen molar-refractivity contribution in [3.8, 4) is 5.75 Å². The first kappa shape index (κ1) is 15.9. The summed E-state index contributed by atoms with van der Waals surface area (Å²) in [6.45, 7) is 3.01. The summed E-state index contributed by atoms with van der Waals surface area (Å²) < 4.78 is 7.19. The second kappa shape index (κ2) is 7.48. The van der Waals surface area contributed by atoms with E-state index < -0.39 is 0 Å². The van der Waals surface area contributed by atoms with Gasteiger partial charge in [0, 0.05) is 6.54 Å². The summed E-state index contributed by atoms with van der Waals surface area (Å²) in [7, 11) is 3.63. The maximum atomic E-state index is 6.32. The molecule has 21 heavy (non-hydrogen) atoms. The highest BCUT2D eigenvalue weighted by Crippen LogP contribution is 2.26. The van der Waals surface area contributed by atoms with Gasteiger partial charge in [0.1, 0.15) is 5.75 Å². The van der Waals surface area contributed by atoms with Gasteiger partial charge >= 0.3 is 0 Å². The second-order valence-electron chi connectivity index (χ2n) is 4.99. The van der Waals surface area contributed by atoms with Crippen molar-refractivity contribution in [3.05, 3.63) is 46.7 Å². The highest BCUT2D eigenvalue weighted by atomic mass is 35.5. The van der Waals surface area contributed by atoms with Crippen molar-refractivity contribution in [1.29, 1.82) is 0 Å². The van der Waals surface area contributed by atoms with Crippen molar-refractivity contribution in [3.63, 3.8) is 0 Å². The van der Waals surface area contributed by atoms with Crippen molar-refractivity contribution in [2.24, 2.45) is 0 Å². The van der Waals surface area contributed by atoms with E-state index in [1.807, 2.05) is 23.9 Å². The zero-order valence-electron chi connectivity index (χ0n) is 12.8. The molecule has 1 unspecified atom stereocenters. The minimum absolute atomic E-state index is 0.139. The van der Waals surface area contributed by atoms with Crippen LogP contribution >= 0.6 is 11.6 Å². The van der Waals surface area contributed by atoms with Gasteiger partial charge in [-0.05, 0) is 37.6 Å². The Morgan fingerprint density at radius 3 is 2.62 bits per heavy atom. The molecule has 2 aromatic rings. The molecule has 0 fully saturated rings. The van der Waals surface area contributed by atoms with Gasteiger partial charge in [0.15, 0.2) is 0 Å². The summed E-state index contributed by atoms with van der Waals surface area (Å²) >= 11 is 6.32. The fourth-order valence-corrected chi connectivity index (χ4v) is 2.71. The predicted octanol–water partition coefficient (Wildman–Crippen LogP) is 3.46. The number of hydrogen-bond donors (Lipinski definition) is 1. The largest absolute Gasteiger partial charge is 0.497 e. The molecule has 4 nitrogen and oxygen atoms in total. The lowest BCUT2D eigenvalue weighted by atomic mass is 10.0. The van der Waals surface area contributed by atoms with Crippen LogP contribution in [0.1, 0.15) is 30.6 Å². The van der Waals surface area contributed by atoms with Crippen LogP contribution in [-0.4, -0.2) is 23.9 Å². The molecule has 1 N–H and O–H groups in total. The van der Waals surface area contributed by atoms with Gasteiger partial charge in [0.2, 0.25) is 0 Å². The van der Waals surface area contributed by atoms with E-state index in [-0.39, 0.29) is 6.04 Å². The lowest BCUT2D eigenvalue weighted by Gasteiger charge is -2.19. The number of aryl methyl sites for hydroxylation is 1. The van der Waals surface area contributed by atoms with Crippen molar-refractivity contribution in [1.82, 2.24) is 15.1 Å². The molecule has 0 amide bonds. The number of rotatable bonds is 7. The lowest BCUT2D eigenvalue weighted by Crippen LogP contribution is -2.23. The van der Waals surface area contributed by atoms with Crippen molar-refractivity contribution >= 4 is 11.6 Å². The second-order valence-corrected chi connectivity index (χ2v) is 5.40. The first-order valence-electron chi connectivity index (χ1n) is 7.21. The third kappa shape index (κ3) is 3.77. The third-order valence-corrected chi connectivity index (χ3v) is 3.84. The number of likely N-dealkylation sites (N-methyl/N-ethyl adjacent to an activating group) is 1. The number of aromatic nitrogens is 2. The van der Waals surface area contributed by atoms with Gasteiger partial charge in [-0.25, -0.2) is 0 Å². The van der Waals surface area contributed by atoms with Crippen LogP contribution in [0, 0.1) is 0 Å². The van der Waals surface area contributed by atoms with E-state index in [4.69, 9.17) is 16.3 Å². The van der Waals surface area contributed by atoms with E-state index in [9.17, 15) is 0 Å². The third-order valence-electron chi connectivity index (χ3n) is 3.55. The van der Waals surface area contributed by atoms with Crippen molar-refractivity contribution in [2.45, 2.75) is 32.4 Å². The maximum Gasteiger partial charge on any atom is 0.118 e. The SMILES string of the molecule is CCCn1ncc(Cl)c1C(Cc1ccc(OC)cc1)NC. The Labute approximate surface area is 131 Å². The molecule has 114 valence electrons. The van der Waals surface area contributed by atoms with Crippen molar-refractivity contribution in [2.75, 3.05) is 14.2 Å². The number of ether oxygens (including phenoxy) is 1. The summed E-state index contributed by atoms with van der Waals surface area (Å²) in [6.07, 6.45) is 3.62. The van der Waals surface area contributed by atoms with Crippen LogP contribution in [0.4, 0.5) is 0 Å². The minimum Gasteiger partial charge on any atom is -0.497 e. The highest BCUT2D eigenvalue weighted by molar-refractivity contribution is 6.31. The van der Waals surface area contributed by atoms with Gasteiger partial charge in [-0.2, -0.15) is 5.10 Å². The molecule has 0 saturated carbocycles. The number of hydrogen-bond acceptors (Lipinski definition) is 3. The Kier molecular flexibility index (Phi) is 5.65. The predicted molar refractivity (Wildman–Crippen MR) is 86.0 cm³/mol. The molecule has 1 aromatic heterocycles. The first-order chi connectivity index (χ1) is 10.2. The highest BCUT2D eigenvalue weighted by Gasteiger charge is 2.19. The van der Waals surface area contributed by atoms with E-state index in [1.54, 1.807) is 13.3 Å². The number of nitrogens with zero attached hydrogens (tertiary/aromatic N) is 2. The molecule has 0 bridgehead atoms. The minimum atomic E-state index is 0.139. The van der Waals surface area contributed by atoms with Crippen LogP contribution in [0.25, 0.3) is 0 Å². The van der Waals surface area contributed by atoms with Crippen LogP contribution < -0.4 is 10.1 Å². The molecule has 0 aliphatic heterocycles. The fraction of sp³-hybridized carbons (Fsp3) is 0.438. The Balaban J connectivity index is 2.21. The molecule has 0 saturated heterocycles. The molecule has 0 aliphatic rings. The summed E-state index contributed by atoms with van der Waals surface area (Å²) in [5.74, 6) is 0.869. The van der Waals surface area contributed by atoms with Crippen LogP contribution in [0.3, 0.4) is 0 Å². The number of nitrogens with one attached hydrogen (secondary N) is 1. The van der Waals surface area contributed by atoms with Gasteiger partial charge < -0.3 is 10.1 Å². The Morgan fingerprint density at radius 2 is 2.05 bits per heavy atom. The fourth-order valence-electron chi connectivity index (χ4n) is 2.44. The molecule has 5 heteroatoms. The van der Waals surface area contributed by atoms with E-state index in [1.165, 1.54) is 5.56 Å². The normalized spacial score (nSPS) is 12.4. The molecule has 1 atom stereocenters. The first-order valence-corrected chi connectivity index (χ1v) is 7.58. The Morgan fingerprint density at radius 1 is 1.33 bits per heavy atom. The smallest absolute Gasteiger partial charge is 0.118 e. The molecule has 0 aliphatic carbocycles. The molecular weight excluding hydrogens is 286 g/mol. The van der Waals surface area contributed by atoms with Crippen LogP contribution in [0.2, 0.25) is 5.02 Å². The summed E-state index contributed by atoms with van der Waals surface area (Å²) in [4.78, 5) is 0. The maximum absolute atomic E-state index is 6.32. The Bertz CT molecular complexity index is 565. The lowest BCUT2D eigenvalue weighted by molar-refractivity contribution is 0.414. The van der Waals surface area contributed by atoms with Gasteiger partial charge in [-0.3, -0.25) is 4.68 Å². The zero-order valence-corrected chi connectivity index (χ0v) is 13.5. The molecular formula is C16H22ClN3O. The van der Waals surface area contributed by atoms with Gasteiger partial charge in [-0.15, -0.1) is 0 Å². The molecule has 1 heterocycles. The molecule has 1 aromatic carbocycles.